The van der Waals surface area contributed by atoms with Gasteiger partial charge in [-0.15, -0.1) is 0 Å². The minimum atomic E-state index is -3.85. The molecule has 2 N–H and O–H groups in total. The van der Waals surface area contributed by atoms with Crippen molar-refractivity contribution in [1.82, 2.24) is 9.88 Å². The molecule has 2 aliphatic rings. The maximum absolute atomic E-state index is 13.0. The lowest BCUT2D eigenvalue weighted by atomic mass is 9.86. The van der Waals surface area contributed by atoms with E-state index < -0.39 is 15.6 Å². The number of likely N-dealkylation sites (tertiary alicyclic amines) is 1. The van der Waals surface area contributed by atoms with E-state index in [9.17, 15) is 18.3 Å². The first-order valence-corrected chi connectivity index (χ1v) is 12.8. The molecule has 0 bridgehead atoms. The molecule has 1 saturated carbocycles. The number of sulfonamides is 1. The van der Waals surface area contributed by atoms with Gasteiger partial charge in [-0.2, -0.15) is 0 Å². The molecule has 1 saturated heterocycles. The SMILES string of the molecule is O=C(c1ccc(NS(=O)(=O)c2cccc3cccnc23)cc1)N1CCC(O)(CC2CC2)CC1. The molecular formula is C25H27N3O4S. The number of nitrogens with zero attached hydrogens (tertiary/aromatic N) is 2. The van der Waals surface area contributed by atoms with Crippen LogP contribution in [0.1, 0.15) is 42.5 Å². The van der Waals surface area contributed by atoms with Gasteiger partial charge < -0.3 is 10.0 Å². The molecule has 3 aromatic rings. The first-order chi connectivity index (χ1) is 15.8. The summed E-state index contributed by atoms with van der Waals surface area (Å²) in [4.78, 5) is 19.0. The largest absolute Gasteiger partial charge is 0.390 e. The van der Waals surface area contributed by atoms with Crippen LogP contribution in [-0.2, 0) is 10.0 Å². The Hall–Kier alpha value is -2.97. The molecule has 1 aliphatic carbocycles. The van der Waals surface area contributed by atoms with Gasteiger partial charge in [0, 0.05) is 35.9 Å². The van der Waals surface area contributed by atoms with Crippen LogP contribution < -0.4 is 4.72 Å². The minimum absolute atomic E-state index is 0.101. The van der Waals surface area contributed by atoms with Crippen LogP contribution in [0.15, 0.2) is 65.7 Å². The number of carbonyl (C=O) groups is 1. The first kappa shape index (κ1) is 21.9. The topological polar surface area (TPSA) is 99.6 Å². The number of para-hydroxylation sites is 1. The normalized spacial score (nSPS) is 18.3. The minimum Gasteiger partial charge on any atom is -0.390 e. The van der Waals surface area contributed by atoms with Crippen molar-refractivity contribution in [2.75, 3.05) is 17.8 Å². The summed E-state index contributed by atoms with van der Waals surface area (Å²) in [5.74, 6) is 0.550. The van der Waals surface area contributed by atoms with Gasteiger partial charge in [-0.25, -0.2) is 8.42 Å². The molecular weight excluding hydrogens is 438 g/mol. The Balaban J connectivity index is 1.26. The second-order valence-electron chi connectivity index (χ2n) is 9.18. The zero-order chi connectivity index (χ0) is 23.1. The third-order valence-electron chi connectivity index (χ3n) is 6.62. The number of benzene rings is 2. The van der Waals surface area contributed by atoms with Crippen molar-refractivity contribution in [1.29, 1.82) is 0 Å². The molecule has 0 spiro atoms. The van der Waals surface area contributed by atoms with Crippen LogP contribution in [0.4, 0.5) is 5.69 Å². The van der Waals surface area contributed by atoms with Crippen LogP contribution in [0.25, 0.3) is 10.9 Å². The van der Waals surface area contributed by atoms with Crippen molar-refractivity contribution in [3.63, 3.8) is 0 Å². The Bertz CT molecular complexity index is 1270. The number of amides is 1. The average molecular weight is 466 g/mol. The van der Waals surface area contributed by atoms with Crippen molar-refractivity contribution < 1.29 is 18.3 Å². The standard InChI is InChI=1S/C25H27N3O4S/c29-24(28-15-12-25(30,13-16-28)17-18-6-7-18)20-8-10-21(11-9-20)27-33(31,32)22-5-1-3-19-4-2-14-26-23(19)22/h1-5,8-11,14,18,27,30H,6-7,12-13,15-17H2. The zero-order valence-electron chi connectivity index (χ0n) is 18.3. The molecule has 0 unspecified atom stereocenters. The zero-order valence-corrected chi connectivity index (χ0v) is 19.1. The van der Waals surface area contributed by atoms with Crippen molar-refractivity contribution in [3.8, 4) is 0 Å². The maximum atomic E-state index is 13.0. The molecule has 1 aliphatic heterocycles. The van der Waals surface area contributed by atoms with E-state index in [0.717, 1.165) is 11.8 Å². The molecule has 2 fully saturated rings. The highest BCUT2D eigenvalue weighted by Gasteiger charge is 2.38. The fraction of sp³-hybridized carbons (Fsp3) is 0.360. The Morgan fingerprint density at radius 2 is 1.76 bits per heavy atom. The van der Waals surface area contributed by atoms with Crippen LogP contribution in [0.3, 0.4) is 0 Å². The predicted octanol–water partition coefficient (Wildman–Crippen LogP) is 3.80. The highest BCUT2D eigenvalue weighted by Crippen LogP contribution is 2.40. The van der Waals surface area contributed by atoms with Gasteiger partial charge in [0.05, 0.1) is 11.1 Å². The number of aromatic nitrogens is 1. The summed E-state index contributed by atoms with van der Waals surface area (Å²) >= 11 is 0. The number of nitrogens with one attached hydrogen (secondary N) is 1. The van der Waals surface area contributed by atoms with E-state index in [-0.39, 0.29) is 10.8 Å². The number of piperidine rings is 1. The predicted molar refractivity (Wildman–Crippen MR) is 126 cm³/mol. The second kappa shape index (κ2) is 8.43. The van der Waals surface area contributed by atoms with Gasteiger partial charge in [0.2, 0.25) is 0 Å². The number of aliphatic hydroxyl groups is 1. The number of pyridine rings is 1. The van der Waals surface area contributed by atoms with Crippen LogP contribution in [0.5, 0.6) is 0 Å². The summed E-state index contributed by atoms with van der Waals surface area (Å²) < 4.78 is 28.5. The molecule has 7 nitrogen and oxygen atoms in total. The maximum Gasteiger partial charge on any atom is 0.264 e. The van der Waals surface area contributed by atoms with Gasteiger partial charge in [0.25, 0.3) is 15.9 Å². The van der Waals surface area contributed by atoms with Gasteiger partial charge in [-0.3, -0.25) is 14.5 Å². The Morgan fingerprint density at radius 3 is 2.45 bits per heavy atom. The van der Waals surface area contributed by atoms with Crippen molar-refractivity contribution in [3.05, 3.63) is 66.4 Å². The summed E-state index contributed by atoms with van der Waals surface area (Å²) in [6.45, 7) is 1.06. The van der Waals surface area contributed by atoms with Crippen molar-refractivity contribution >= 4 is 32.5 Å². The lowest BCUT2D eigenvalue weighted by Crippen LogP contribution is -2.46. The molecule has 33 heavy (non-hydrogen) atoms. The average Bonchev–Trinajstić information content (AvgIpc) is 3.62. The van der Waals surface area contributed by atoms with E-state index >= 15 is 0 Å². The van der Waals surface area contributed by atoms with E-state index in [0.29, 0.717) is 48.6 Å². The summed E-state index contributed by atoms with van der Waals surface area (Å²) in [7, 11) is -3.85. The molecule has 8 heteroatoms. The molecule has 0 atom stereocenters. The molecule has 2 heterocycles. The van der Waals surface area contributed by atoms with Crippen LogP contribution >= 0.6 is 0 Å². The van der Waals surface area contributed by atoms with Gasteiger partial charge in [-0.05, 0) is 61.6 Å². The Kier molecular flexibility index (Phi) is 5.58. The number of rotatable bonds is 6. The van der Waals surface area contributed by atoms with Crippen LogP contribution in [0, 0.1) is 5.92 Å². The van der Waals surface area contributed by atoms with E-state index in [4.69, 9.17) is 0 Å². The fourth-order valence-electron chi connectivity index (χ4n) is 4.56. The smallest absolute Gasteiger partial charge is 0.264 e. The van der Waals surface area contributed by atoms with E-state index in [1.165, 1.54) is 18.9 Å². The molecule has 1 amide bonds. The number of carbonyl (C=O) groups excluding carboxylic acids is 1. The molecule has 172 valence electrons. The highest BCUT2D eigenvalue weighted by molar-refractivity contribution is 7.93. The van der Waals surface area contributed by atoms with Gasteiger partial charge >= 0.3 is 0 Å². The van der Waals surface area contributed by atoms with Crippen molar-refractivity contribution in [2.45, 2.75) is 42.6 Å². The van der Waals surface area contributed by atoms with E-state index in [1.54, 1.807) is 47.5 Å². The summed E-state index contributed by atoms with van der Waals surface area (Å²) in [6, 6.07) is 15.1. The van der Waals surface area contributed by atoms with Gasteiger partial charge in [0.15, 0.2) is 0 Å². The third kappa shape index (κ3) is 4.72. The van der Waals surface area contributed by atoms with Crippen LogP contribution in [-0.4, -0.2) is 48.0 Å². The number of anilines is 1. The lowest BCUT2D eigenvalue weighted by Gasteiger charge is -2.38. The second-order valence-corrected chi connectivity index (χ2v) is 10.8. The first-order valence-electron chi connectivity index (χ1n) is 11.3. The molecule has 1 aromatic heterocycles. The van der Waals surface area contributed by atoms with Crippen molar-refractivity contribution in [2.24, 2.45) is 5.92 Å². The molecule has 5 rings (SSSR count). The number of fused-ring (bicyclic) bond motifs is 1. The van der Waals surface area contributed by atoms with E-state index in [2.05, 4.69) is 9.71 Å². The highest BCUT2D eigenvalue weighted by atomic mass is 32.2. The number of hydrogen-bond donors (Lipinski definition) is 2. The van der Waals surface area contributed by atoms with E-state index in [1.807, 2.05) is 12.1 Å². The van der Waals surface area contributed by atoms with Gasteiger partial charge in [-0.1, -0.05) is 31.0 Å². The molecule has 2 aromatic carbocycles. The molecule has 0 radical (unpaired) electrons. The van der Waals surface area contributed by atoms with Crippen LogP contribution in [0.2, 0.25) is 0 Å². The lowest BCUT2D eigenvalue weighted by molar-refractivity contribution is -0.0267. The summed E-state index contributed by atoms with van der Waals surface area (Å²) in [5, 5.41) is 11.5. The van der Waals surface area contributed by atoms with Gasteiger partial charge in [0.1, 0.15) is 4.90 Å². The quantitative estimate of drug-likeness (QED) is 0.577. The summed E-state index contributed by atoms with van der Waals surface area (Å²) in [6.07, 6.45) is 6.03. The summed E-state index contributed by atoms with van der Waals surface area (Å²) in [5.41, 5.74) is 0.636. The fourth-order valence-corrected chi connectivity index (χ4v) is 5.80. The Morgan fingerprint density at radius 1 is 1.06 bits per heavy atom. The monoisotopic (exact) mass is 465 g/mol. The number of hydrogen-bond acceptors (Lipinski definition) is 5. The third-order valence-corrected chi connectivity index (χ3v) is 8.03. The Labute approximate surface area is 193 Å².